The van der Waals surface area contributed by atoms with Crippen LogP contribution >= 0.6 is 0 Å². The van der Waals surface area contributed by atoms with Crippen LogP contribution in [0, 0.1) is 0 Å². The van der Waals surface area contributed by atoms with Crippen LogP contribution in [-0.2, 0) is 19.7 Å². The second-order valence-corrected chi connectivity index (χ2v) is 8.02. The summed E-state index contributed by atoms with van der Waals surface area (Å²) in [6, 6.07) is 4.21. The number of esters is 1. The molecule has 1 aliphatic heterocycles. The van der Waals surface area contributed by atoms with Crippen molar-refractivity contribution < 1.29 is 27.5 Å². The second kappa shape index (κ2) is 9.07. The Morgan fingerprint density at radius 3 is 2.63 bits per heavy atom. The van der Waals surface area contributed by atoms with Crippen molar-refractivity contribution in [2.24, 2.45) is 0 Å². The summed E-state index contributed by atoms with van der Waals surface area (Å²) in [7, 11) is -3.88. The molecule has 1 N–H and O–H groups in total. The van der Waals surface area contributed by atoms with Crippen LogP contribution in [-0.4, -0.2) is 43.9 Å². The monoisotopic (exact) mass is 398 g/mol. The molecule has 0 radical (unpaired) electrons. The van der Waals surface area contributed by atoms with E-state index in [4.69, 9.17) is 9.47 Å². The zero-order chi connectivity index (χ0) is 20.0. The number of rotatable bonds is 9. The number of carbonyl (C=O) groups excluding carboxylic acids is 2. The first kappa shape index (κ1) is 21.0. The second-order valence-electron chi connectivity index (χ2n) is 6.47. The standard InChI is InChI=1S/C18H26N2O6S/c1-4-25-17(21)8-6-5-7-11-26-14-9-10-16-15(12-14)18(22)20(13(2)3)27(23,24)19-16/h9-10,12-13,19H,4-8,11H2,1-3H3. The maximum absolute atomic E-state index is 12.6. The van der Waals surface area contributed by atoms with Crippen molar-refractivity contribution in [3.63, 3.8) is 0 Å². The maximum Gasteiger partial charge on any atom is 0.326 e. The van der Waals surface area contributed by atoms with Gasteiger partial charge in [0.1, 0.15) is 5.75 Å². The summed E-state index contributed by atoms with van der Waals surface area (Å²) >= 11 is 0. The molecule has 1 heterocycles. The Kier molecular flexibility index (Phi) is 7.06. The van der Waals surface area contributed by atoms with Gasteiger partial charge in [0, 0.05) is 12.5 Å². The number of unbranched alkanes of at least 4 members (excludes halogenated alkanes) is 2. The predicted molar refractivity (Wildman–Crippen MR) is 101 cm³/mol. The SMILES string of the molecule is CCOC(=O)CCCCCOc1ccc2c(c1)C(=O)N(C(C)C)S(=O)(=O)N2. The van der Waals surface area contributed by atoms with Gasteiger partial charge in [-0.2, -0.15) is 8.42 Å². The van der Waals surface area contributed by atoms with Gasteiger partial charge >= 0.3 is 16.2 Å². The van der Waals surface area contributed by atoms with E-state index in [0.717, 1.165) is 23.6 Å². The topological polar surface area (TPSA) is 102 Å². The van der Waals surface area contributed by atoms with E-state index < -0.39 is 22.2 Å². The lowest BCUT2D eigenvalue weighted by Gasteiger charge is -2.31. The van der Waals surface area contributed by atoms with Crippen LogP contribution in [0.3, 0.4) is 0 Å². The summed E-state index contributed by atoms with van der Waals surface area (Å²) in [6.07, 6.45) is 2.71. The van der Waals surface area contributed by atoms with Gasteiger partial charge in [-0.3, -0.25) is 14.3 Å². The lowest BCUT2D eigenvalue weighted by Crippen LogP contribution is -2.48. The van der Waals surface area contributed by atoms with Crippen molar-refractivity contribution in [1.82, 2.24) is 4.31 Å². The van der Waals surface area contributed by atoms with E-state index in [-0.39, 0.29) is 17.2 Å². The minimum Gasteiger partial charge on any atom is -0.494 e. The lowest BCUT2D eigenvalue weighted by molar-refractivity contribution is -0.143. The average molecular weight is 398 g/mol. The fraction of sp³-hybridized carbons (Fsp3) is 0.556. The molecule has 0 saturated carbocycles. The number of carbonyl (C=O) groups is 2. The number of amides is 1. The highest BCUT2D eigenvalue weighted by atomic mass is 32.2. The first-order valence-electron chi connectivity index (χ1n) is 9.05. The molecular weight excluding hydrogens is 372 g/mol. The Hall–Kier alpha value is -2.29. The van der Waals surface area contributed by atoms with Gasteiger partial charge in [0.15, 0.2) is 0 Å². The van der Waals surface area contributed by atoms with Crippen molar-refractivity contribution >= 4 is 27.8 Å². The summed E-state index contributed by atoms with van der Waals surface area (Å²) < 4.78 is 38.1. The van der Waals surface area contributed by atoms with Gasteiger partial charge in [0.05, 0.1) is 24.5 Å². The molecule has 1 amide bonds. The summed E-state index contributed by atoms with van der Waals surface area (Å²) in [4.78, 5) is 23.8. The van der Waals surface area contributed by atoms with Crippen molar-refractivity contribution in [3.8, 4) is 5.75 Å². The number of hydrogen-bond donors (Lipinski definition) is 1. The number of anilines is 1. The van der Waals surface area contributed by atoms with E-state index in [2.05, 4.69) is 4.72 Å². The van der Waals surface area contributed by atoms with Crippen molar-refractivity contribution in [2.75, 3.05) is 17.9 Å². The third-order valence-electron chi connectivity index (χ3n) is 3.99. The normalized spacial score (nSPS) is 15.3. The van der Waals surface area contributed by atoms with E-state index in [1.165, 1.54) is 6.07 Å². The summed E-state index contributed by atoms with van der Waals surface area (Å²) in [5, 5.41) is 0. The number of ether oxygens (including phenoxy) is 2. The fourth-order valence-corrected chi connectivity index (χ4v) is 4.20. The van der Waals surface area contributed by atoms with Crippen molar-refractivity contribution in [3.05, 3.63) is 23.8 Å². The van der Waals surface area contributed by atoms with Gasteiger partial charge < -0.3 is 9.47 Å². The molecule has 0 aromatic heterocycles. The minimum atomic E-state index is -3.88. The third-order valence-corrected chi connectivity index (χ3v) is 5.57. The number of benzene rings is 1. The first-order valence-corrected chi connectivity index (χ1v) is 10.5. The van der Waals surface area contributed by atoms with Gasteiger partial charge in [-0.15, -0.1) is 0 Å². The molecule has 9 heteroatoms. The molecule has 1 aromatic carbocycles. The smallest absolute Gasteiger partial charge is 0.326 e. The predicted octanol–water partition coefficient (Wildman–Crippen LogP) is 2.71. The molecule has 0 bridgehead atoms. The number of nitrogens with zero attached hydrogens (tertiary/aromatic N) is 1. The largest absolute Gasteiger partial charge is 0.494 e. The van der Waals surface area contributed by atoms with Crippen LogP contribution < -0.4 is 9.46 Å². The van der Waals surface area contributed by atoms with Gasteiger partial charge in [-0.05, 0) is 58.2 Å². The van der Waals surface area contributed by atoms with Gasteiger partial charge in [-0.1, -0.05) is 0 Å². The minimum absolute atomic E-state index is 0.191. The lowest BCUT2D eigenvalue weighted by atomic mass is 10.1. The van der Waals surface area contributed by atoms with E-state index in [1.807, 2.05) is 0 Å². The Bertz CT molecular complexity index is 791. The first-order chi connectivity index (χ1) is 12.8. The highest BCUT2D eigenvalue weighted by Crippen LogP contribution is 2.31. The summed E-state index contributed by atoms with van der Waals surface area (Å²) in [6.45, 7) is 5.89. The van der Waals surface area contributed by atoms with Gasteiger partial charge in [0.2, 0.25) is 0 Å². The molecule has 8 nitrogen and oxygen atoms in total. The van der Waals surface area contributed by atoms with Crippen molar-refractivity contribution in [2.45, 2.75) is 52.5 Å². The van der Waals surface area contributed by atoms with Gasteiger partial charge in [0.25, 0.3) is 5.91 Å². The van der Waals surface area contributed by atoms with Crippen LogP contribution in [0.4, 0.5) is 5.69 Å². The van der Waals surface area contributed by atoms with E-state index in [0.29, 0.717) is 25.4 Å². The molecule has 0 aliphatic carbocycles. The molecule has 2 rings (SSSR count). The molecule has 0 spiro atoms. The molecular formula is C18H26N2O6S. The molecule has 150 valence electrons. The molecule has 1 aliphatic rings. The van der Waals surface area contributed by atoms with E-state index >= 15 is 0 Å². The Morgan fingerprint density at radius 1 is 1.22 bits per heavy atom. The van der Waals surface area contributed by atoms with Crippen molar-refractivity contribution in [1.29, 1.82) is 0 Å². The van der Waals surface area contributed by atoms with Crippen LogP contribution in [0.25, 0.3) is 0 Å². The Morgan fingerprint density at radius 2 is 1.96 bits per heavy atom. The number of hydrogen-bond acceptors (Lipinski definition) is 6. The molecule has 0 unspecified atom stereocenters. The third kappa shape index (κ3) is 5.35. The van der Waals surface area contributed by atoms with E-state index in [1.54, 1.807) is 32.9 Å². The highest BCUT2D eigenvalue weighted by Gasteiger charge is 2.37. The van der Waals surface area contributed by atoms with Crippen LogP contribution in [0.1, 0.15) is 56.8 Å². The molecule has 0 saturated heterocycles. The Balaban J connectivity index is 1.91. The van der Waals surface area contributed by atoms with Gasteiger partial charge in [-0.25, -0.2) is 4.31 Å². The molecule has 0 atom stereocenters. The molecule has 0 fully saturated rings. The number of fused-ring (bicyclic) bond motifs is 1. The van der Waals surface area contributed by atoms with Crippen LogP contribution in [0.5, 0.6) is 5.75 Å². The Labute approximate surface area is 160 Å². The van der Waals surface area contributed by atoms with Crippen LogP contribution in [0.2, 0.25) is 0 Å². The zero-order valence-corrected chi connectivity index (χ0v) is 16.7. The highest BCUT2D eigenvalue weighted by molar-refractivity contribution is 7.91. The van der Waals surface area contributed by atoms with Crippen LogP contribution in [0.15, 0.2) is 18.2 Å². The quantitative estimate of drug-likeness (QED) is 0.507. The molecule has 1 aromatic rings. The molecule has 27 heavy (non-hydrogen) atoms. The number of nitrogens with one attached hydrogen (secondary N) is 1. The summed E-state index contributed by atoms with van der Waals surface area (Å²) in [5.41, 5.74) is 0.511. The zero-order valence-electron chi connectivity index (χ0n) is 15.9. The van der Waals surface area contributed by atoms with E-state index in [9.17, 15) is 18.0 Å². The maximum atomic E-state index is 12.6. The average Bonchev–Trinajstić information content (AvgIpc) is 2.57. The fourth-order valence-electron chi connectivity index (χ4n) is 2.78. The summed E-state index contributed by atoms with van der Waals surface area (Å²) in [5.74, 6) is -0.264.